The zero-order valence-corrected chi connectivity index (χ0v) is 13.8. The lowest BCUT2D eigenvalue weighted by atomic mass is 10.2. The number of halogens is 1. The zero-order valence-electron chi connectivity index (χ0n) is 13.8. The van der Waals surface area contributed by atoms with E-state index >= 15 is 0 Å². The Morgan fingerprint density at radius 2 is 1.96 bits per heavy atom. The van der Waals surface area contributed by atoms with Gasteiger partial charge in [0, 0.05) is 12.1 Å². The van der Waals surface area contributed by atoms with Gasteiger partial charge in [0.2, 0.25) is 5.88 Å². The second kappa shape index (κ2) is 7.95. The number of nitrogens with one attached hydrogen (secondary N) is 1. The van der Waals surface area contributed by atoms with Gasteiger partial charge < -0.3 is 10.1 Å². The Hall–Kier alpha value is -3.65. The third-order valence-corrected chi connectivity index (χ3v) is 3.57. The van der Waals surface area contributed by atoms with Crippen molar-refractivity contribution in [2.45, 2.75) is 6.54 Å². The molecule has 0 radical (unpaired) electrons. The first-order chi connectivity index (χ1) is 12.7. The van der Waals surface area contributed by atoms with Crippen LogP contribution in [-0.4, -0.2) is 10.9 Å². The Balaban J connectivity index is 1.81. The molecule has 1 amide bonds. The van der Waals surface area contributed by atoms with Crippen LogP contribution in [0.1, 0.15) is 21.5 Å². The molecule has 3 aromatic rings. The van der Waals surface area contributed by atoms with Crippen molar-refractivity contribution < 1.29 is 13.9 Å². The van der Waals surface area contributed by atoms with E-state index in [-0.39, 0.29) is 11.4 Å². The maximum Gasteiger partial charge on any atom is 0.257 e. The second-order valence-electron chi connectivity index (χ2n) is 5.45. The molecule has 5 heteroatoms. The summed E-state index contributed by atoms with van der Waals surface area (Å²) in [5.41, 5.74) is 1.56. The van der Waals surface area contributed by atoms with Gasteiger partial charge in [-0.25, -0.2) is 9.37 Å². The SMILES string of the molecule is C#Cc1cccc(Oc2ncc(F)cc2C(=O)NCc2ccccc2)c1. The number of hydrogen-bond donors (Lipinski definition) is 1. The molecule has 128 valence electrons. The van der Waals surface area contributed by atoms with Gasteiger partial charge in [-0.1, -0.05) is 42.3 Å². The lowest BCUT2D eigenvalue weighted by Gasteiger charge is -2.11. The molecule has 0 aliphatic rings. The van der Waals surface area contributed by atoms with E-state index in [1.807, 2.05) is 30.3 Å². The molecule has 26 heavy (non-hydrogen) atoms. The molecule has 2 aromatic carbocycles. The number of amides is 1. The van der Waals surface area contributed by atoms with Crippen LogP contribution < -0.4 is 10.1 Å². The van der Waals surface area contributed by atoms with E-state index in [1.54, 1.807) is 24.3 Å². The number of carbonyl (C=O) groups is 1. The average molecular weight is 346 g/mol. The molecule has 0 aliphatic heterocycles. The molecule has 4 nitrogen and oxygen atoms in total. The van der Waals surface area contributed by atoms with Crippen molar-refractivity contribution in [3.63, 3.8) is 0 Å². The topological polar surface area (TPSA) is 51.2 Å². The van der Waals surface area contributed by atoms with E-state index in [2.05, 4.69) is 16.2 Å². The van der Waals surface area contributed by atoms with Gasteiger partial charge in [-0.05, 0) is 29.8 Å². The third kappa shape index (κ3) is 4.25. The number of nitrogens with zero attached hydrogens (tertiary/aromatic N) is 1. The summed E-state index contributed by atoms with van der Waals surface area (Å²) < 4.78 is 19.2. The second-order valence-corrected chi connectivity index (χ2v) is 5.45. The Labute approximate surface area is 150 Å². The summed E-state index contributed by atoms with van der Waals surface area (Å²) in [7, 11) is 0. The summed E-state index contributed by atoms with van der Waals surface area (Å²) in [4.78, 5) is 16.4. The monoisotopic (exact) mass is 346 g/mol. The smallest absolute Gasteiger partial charge is 0.257 e. The van der Waals surface area contributed by atoms with Gasteiger partial charge >= 0.3 is 0 Å². The van der Waals surface area contributed by atoms with E-state index in [9.17, 15) is 9.18 Å². The minimum Gasteiger partial charge on any atom is -0.438 e. The van der Waals surface area contributed by atoms with E-state index in [1.165, 1.54) is 0 Å². The maximum atomic E-state index is 13.6. The van der Waals surface area contributed by atoms with Crippen molar-refractivity contribution in [2.75, 3.05) is 0 Å². The molecule has 0 saturated heterocycles. The van der Waals surface area contributed by atoms with Crippen LogP contribution in [0.15, 0.2) is 66.9 Å². The van der Waals surface area contributed by atoms with E-state index in [0.717, 1.165) is 17.8 Å². The number of aromatic nitrogens is 1. The van der Waals surface area contributed by atoms with Crippen molar-refractivity contribution in [3.8, 4) is 24.0 Å². The highest BCUT2D eigenvalue weighted by Crippen LogP contribution is 2.24. The summed E-state index contributed by atoms with van der Waals surface area (Å²) in [5, 5.41) is 2.73. The summed E-state index contributed by atoms with van der Waals surface area (Å²) in [6.07, 6.45) is 6.36. The van der Waals surface area contributed by atoms with Gasteiger partial charge in [-0.3, -0.25) is 4.79 Å². The quantitative estimate of drug-likeness (QED) is 0.712. The van der Waals surface area contributed by atoms with Crippen LogP contribution in [-0.2, 0) is 6.54 Å². The number of benzene rings is 2. The highest BCUT2D eigenvalue weighted by molar-refractivity contribution is 5.96. The largest absolute Gasteiger partial charge is 0.438 e. The molecule has 0 saturated carbocycles. The van der Waals surface area contributed by atoms with Crippen LogP contribution in [0.4, 0.5) is 4.39 Å². The van der Waals surface area contributed by atoms with Crippen LogP contribution in [0.3, 0.4) is 0 Å². The molecule has 1 aromatic heterocycles. The summed E-state index contributed by atoms with van der Waals surface area (Å²) in [6.45, 7) is 0.308. The van der Waals surface area contributed by atoms with Crippen LogP contribution in [0.25, 0.3) is 0 Å². The van der Waals surface area contributed by atoms with Gasteiger partial charge in [-0.15, -0.1) is 6.42 Å². The number of ether oxygens (including phenoxy) is 1. The minimum atomic E-state index is -0.625. The van der Waals surface area contributed by atoms with Crippen LogP contribution in [0.2, 0.25) is 0 Å². The van der Waals surface area contributed by atoms with Crippen molar-refractivity contribution >= 4 is 5.91 Å². The van der Waals surface area contributed by atoms with E-state index < -0.39 is 11.7 Å². The molecule has 1 N–H and O–H groups in total. The van der Waals surface area contributed by atoms with E-state index in [0.29, 0.717) is 17.9 Å². The van der Waals surface area contributed by atoms with Crippen molar-refractivity contribution in [1.82, 2.24) is 10.3 Å². The predicted octanol–water partition coefficient (Wildman–Crippen LogP) is 3.92. The normalized spacial score (nSPS) is 10.0. The van der Waals surface area contributed by atoms with Gasteiger partial charge in [0.15, 0.2) is 0 Å². The molecule has 0 aliphatic carbocycles. The fourth-order valence-corrected chi connectivity index (χ4v) is 2.31. The average Bonchev–Trinajstić information content (AvgIpc) is 2.68. The molecule has 0 unspecified atom stereocenters. The Morgan fingerprint density at radius 1 is 1.15 bits per heavy atom. The number of pyridine rings is 1. The maximum absolute atomic E-state index is 13.6. The van der Waals surface area contributed by atoms with Crippen molar-refractivity contribution in [1.29, 1.82) is 0 Å². The Kier molecular flexibility index (Phi) is 5.25. The molecule has 1 heterocycles. The molecule has 0 bridgehead atoms. The molecule has 0 fully saturated rings. The third-order valence-electron chi connectivity index (χ3n) is 3.57. The summed E-state index contributed by atoms with van der Waals surface area (Å²) in [5.74, 6) is 1.81. The molecule has 0 atom stereocenters. The Bertz CT molecular complexity index is 965. The first kappa shape index (κ1) is 17.2. The standard InChI is InChI=1S/C21H15FN2O2/c1-2-15-9-6-10-18(11-15)26-21-19(12-17(22)14-24-21)20(25)23-13-16-7-4-3-5-8-16/h1,3-12,14H,13H2,(H,23,25). The first-order valence-electron chi connectivity index (χ1n) is 7.88. The number of carbonyl (C=O) groups excluding carboxylic acids is 1. The van der Waals surface area contributed by atoms with Gasteiger partial charge in [0.05, 0.1) is 6.20 Å². The van der Waals surface area contributed by atoms with Gasteiger partial charge in [-0.2, -0.15) is 0 Å². The number of terminal acetylenes is 1. The highest BCUT2D eigenvalue weighted by Gasteiger charge is 2.16. The Morgan fingerprint density at radius 3 is 2.73 bits per heavy atom. The van der Waals surface area contributed by atoms with E-state index in [4.69, 9.17) is 11.2 Å². The molecular formula is C21H15FN2O2. The summed E-state index contributed by atoms with van der Waals surface area (Å²) in [6, 6.07) is 17.3. The van der Waals surface area contributed by atoms with Crippen LogP contribution in [0.5, 0.6) is 11.6 Å². The van der Waals surface area contributed by atoms with Crippen molar-refractivity contribution in [3.05, 3.63) is 89.4 Å². The molecular weight excluding hydrogens is 331 g/mol. The van der Waals surface area contributed by atoms with Crippen LogP contribution in [0, 0.1) is 18.2 Å². The lowest BCUT2D eigenvalue weighted by Crippen LogP contribution is -2.23. The fraction of sp³-hybridized carbons (Fsp3) is 0.0476. The minimum absolute atomic E-state index is 0.00568. The zero-order chi connectivity index (χ0) is 18.4. The molecule has 0 spiro atoms. The fourth-order valence-electron chi connectivity index (χ4n) is 2.31. The summed E-state index contributed by atoms with van der Waals surface area (Å²) >= 11 is 0. The highest BCUT2D eigenvalue weighted by atomic mass is 19.1. The van der Waals surface area contributed by atoms with Gasteiger partial charge in [0.25, 0.3) is 5.91 Å². The number of rotatable bonds is 5. The van der Waals surface area contributed by atoms with Crippen molar-refractivity contribution in [2.24, 2.45) is 0 Å². The molecule has 3 rings (SSSR count). The number of hydrogen-bond acceptors (Lipinski definition) is 3. The van der Waals surface area contributed by atoms with Crippen LogP contribution >= 0.6 is 0 Å². The lowest BCUT2D eigenvalue weighted by molar-refractivity contribution is 0.0947. The van der Waals surface area contributed by atoms with Gasteiger partial charge in [0.1, 0.15) is 17.1 Å². The predicted molar refractivity (Wildman–Crippen MR) is 96.3 cm³/mol. The first-order valence-corrected chi connectivity index (χ1v) is 7.88.